The number of anilines is 1. The van der Waals surface area contributed by atoms with Gasteiger partial charge in [-0.1, -0.05) is 12.1 Å². The number of carbonyl (C=O) groups excluding carboxylic acids is 1. The summed E-state index contributed by atoms with van der Waals surface area (Å²) in [6.45, 7) is 2.01. The number of nitrogens with zero attached hydrogens (tertiary/aromatic N) is 1. The zero-order chi connectivity index (χ0) is 17.0. The van der Waals surface area contributed by atoms with Crippen LogP contribution in [-0.2, 0) is 11.3 Å². The van der Waals surface area contributed by atoms with E-state index in [2.05, 4.69) is 5.32 Å². The van der Waals surface area contributed by atoms with Gasteiger partial charge in [0.1, 0.15) is 17.5 Å². The van der Waals surface area contributed by atoms with E-state index in [9.17, 15) is 18.0 Å². The molecule has 0 aliphatic heterocycles. The van der Waals surface area contributed by atoms with Gasteiger partial charge in [0.25, 0.3) is 0 Å². The smallest absolute Gasteiger partial charge is 0.241 e. The second-order valence-corrected chi connectivity index (χ2v) is 5.33. The Bertz CT molecular complexity index is 706. The summed E-state index contributed by atoms with van der Waals surface area (Å²) in [5.41, 5.74) is 0.641. The van der Waals surface area contributed by atoms with Crippen LogP contribution in [0.25, 0.3) is 0 Å². The topological polar surface area (TPSA) is 32.3 Å². The van der Waals surface area contributed by atoms with E-state index in [1.807, 2.05) is 0 Å². The van der Waals surface area contributed by atoms with Crippen molar-refractivity contribution in [2.75, 3.05) is 12.4 Å². The lowest BCUT2D eigenvalue weighted by Crippen LogP contribution is -2.39. The Labute approximate surface area is 132 Å². The zero-order valence-electron chi connectivity index (χ0n) is 12.8. The van der Waals surface area contributed by atoms with Crippen LogP contribution >= 0.6 is 0 Å². The molecule has 6 heteroatoms. The minimum absolute atomic E-state index is 0.0811. The first-order chi connectivity index (χ1) is 10.9. The third-order valence-corrected chi connectivity index (χ3v) is 3.55. The number of hydrogen-bond donors (Lipinski definition) is 1. The summed E-state index contributed by atoms with van der Waals surface area (Å²) in [5, 5.41) is 2.42. The van der Waals surface area contributed by atoms with E-state index in [1.165, 1.54) is 18.2 Å². The molecule has 0 heterocycles. The van der Waals surface area contributed by atoms with E-state index < -0.39 is 23.6 Å². The lowest BCUT2D eigenvalue weighted by atomic mass is 10.2. The predicted octanol–water partition coefficient (Wildman–Crippen LogP) is 3.56. The maximum Gasteiger partial charge on any atom is 0.241 e. The molecule has 0 aromatic heterocycles. The van der Waals surface area contributed by atoms with E-state index in [0.717, 1.165) is 11.6 Å². The average Bonchev–Trinajstić information content (AvgIpc) is 2.49. The summed E-state index contributed by atoms with van der Waals surface area (Å²) in [5.74, 6) is -2.33. The highest BCUT2D eigenvalue weighted by Crippen LogP contribution is 2.16. The second kappa shape index (κ2) is 7.28. The van der Waals surface area contributed by atoms with Crippen LogP contribution < -0.4 is 5.32 Å². The average molecular weight is 322 g/mol. The van der Waals surface area contributed by atoms with Gasteiger partial charge in [-0.2, -0.15) is 0 Å². The molecule has 1 N–H and O–H groups in total. The lowest BCUT2D eigenvalue weighted by molar-refractivity contribution is -0.120. The summed E-state index contributed by atoms with van der Waals surface area (Å²) < 4.78 is 39.6. The van der Waals surface area contributed by atoms with Crippen molar-refractivity contribution in [3.05, 3.63) is 65.5 Å². The first-order valence-corrected chi connectivity index (χ1v) is 7.07. The van der Waals surface area contributed by atoms with Crippen molar-refractivity contribution in [1.82, 2.24) is 4.90 Å². The molecule has 0 bridgehead atoms. The molecule has 2 aromatic rings. The van der Waals surface area contributed by atoms with Gasteiger partial charge < -0.3 is 5.32 Å². The van der Waals surface area contributed by atoms with Crippen LogP contribution in [0.2, 0.25) is 0 Å². The number of likely N-dealkylation sites (N-methyl/N-ethyl adjacent to an activating group) is 1. The van der Waals surface area contributed by atoms with Crippen LogP contribution in [0.3, 0.4) is 0 Å². The van der Waals surface area contributed by atoms with E-state index in [0.29, 0.717) is 12.6 Å². The third kappa shape index (κ3) is 4.56. The molecule has 0 aliphatic carbocycles. The summed E-state index contributed by atoms with van der Waals surface area (Å²) in [6, 6.07) is 8.44. The molecule has 3 nitrogen and oxygen atoms in total. The Kier molecular flexibility index (Phi) is 5.39. The Morgan fingerprint density at radius 3 is 2.48 bits per heavy atom. The van der Waals surface area contributed by atoms with Gasteiger partial charge in [0.2, 0.25) is 5.91 Å². The quantitative estimate of drug-likeness (QED) is 0.913. The highest BCUT2D eigenvalue weighted by Gasteiger charge is 2.19. The van der Waals surface area contributed by atoms with E-state index in [-0.39, 0.29) is 11.5 Å². The highest BCUT2D eigenvalue weighted by molar-refractivity contribution is 5.94. The lowest BCUT2D eigenvalue weighted by Gasteiger charge is -2.24. The molecule has 0 radical (unpaired) electrons. The number of benzene rings is 2. The van der Waals surface area contributed by atoms with Crippen molar-refractivity contribution >= 4 is 11.6 Å². The molecule has 2 rings (SSSR count). The molecule has 23 heavy (non-hydrogen) atoms. The number of carbonyl (C=O) groups is 1. The van der Waals surface area contributed by atoms with Crippen LogP contribution in [0.5, 0.6) is 0 Å². The van der Waals surface area contributed by atoms with Crippen molar-refractivity contribution < 1.29 is 18.0 Å². The van der Waals surface area contributed by atoms with Gasteiger partial charge in [0.15, 0.2) is 0 Å². The van der Waals surface area contributed by atoms with Crippen molar-refractivity contribution in [3.8, 4) is 0 Å². The standard InChI is InChI=1S/C17H17F3N2O/c1-11(22(2)10-12-4-3-5-13(18)8-12)17(23)21-16-7-6-14(19)9-15(16)20/h3-9,11H,10H2,1-2H3,(H,21,23)/t11-/m1/s1. The Morgan fingerprint density at radius 2 is 1.83 bits per heavy atom. The van der Waals surface area contributed by atoms with E-state index in [1.54, 1.807) is 31.0 Å². The van der Waals surface area contributed by atoms with E-state index >= 15 is 0 Å². The third-order valence-electron chi connectivity index (χ3n) is 3.55. The summed E-state index contributed by atoms with van der Waals surface area (Å²) in [4.78, 5) is 13.9. The molecular formula is C17H17F3N2O. The van der Waals surface area contributed by atoms with Gasteiger partial charge in [-0.25, -0.2) is 13.2 Å². The Morgan fingerprint density at radius 1 is 1.13 bits per heavy atom. The number of nitrogens with one attached hydrogen (secondary N) is 1. The largest absolute Gasteiger partial charge is 0.322 e. The van der Waals surface area contributed by atoms with Gasteiger partial charge in [0.05, 0.1) is 11.7 Å². The maximum atomic E-state index is 13.6. The molecule has 2 aromatic carbocycles. The molecule has 0 unspecified atom stereocenters. The summed E-state index contributed by atoms with van der Waals surface area (Å²) in [6.07, 6.45) is 0. The first kappa shape index (κ1) is 17.0. The van der Waals surface area contributed by atoms with Gasteiger partial charge in [-0.3, -0.25) is 9.69 Å². The minimum atomic E-state index is -0.835. The molecule has 0 spiro atoms. The summed E-state index contributed by atoms with van der Waals surface area (Å²) in [7, 11) is 1.70. The molecule has 0 saturated carbocycles. The fourth-order valence-electron chi connectivity index (χ4n) is 2.09. The molecule has 1 atom stereocenters. The monoisotopic (exact) mass is 322 g/mol. The van der Waals surface area contributed by atoms with Crippen molar-refractivity contribution in [2.24, 2.45) is 0 Å². The second-order valence-electron chi connectivity index (χ2n) is 5.33. The predicted molar refractivity (Wildman–Crippen MR) is 82.3 cm³/mol. The van der Waals surface area contributed by atoms with Crippen molar-refractivity contribution in [2.45, 2.75) is 19.5 Å². The molecule has 1 amide bonds. The normalized spacial score (nSPS) is 12.3. The van der Waals surface area contributed by atoms with Crippen LogP contribution in [0.1, 0.15) is 12.5 Å². The minimum Gasteiger partial charge on any atom is -0.322 e. The number of halogens is 3. The molecule has 0 aliphatic rings. The molecule has 122 valence electrons. The Balaban J connectivity index is 2.01. The number of hydrogen-bond acceptors (Lipinski definition) is 2. The highest BCUT2D eigenvalue weighted by atomic mass is 19.1. The SMILES string of the molecule is C[C@H](C(=O)Nc1ccc(F)cc1F)N(C)Cc1cccc(F)c1. The Hall–Kier alpha value is -2.34. The van der Waals surface area contributed by atoms with Crippen LogP contribution in [0.15, 0.2) is 42.5 Å². The molecule has 0 saturated heterocycles. The maximum absolute atomic E-state index is 13.6. The van der Waals surface area contributed by atoms with E-state index in [4.69, 9.17) is 0 Å². The summed E-state index contributed by atoms with van der Waals surface area (Å²) >= 11 is 0. The van der Waals surface area contributed by atoms with Gasteiger partial charge in [-0.05, 0) is 43.8 Å². The van der Waals surface area contributed by atoms with Crippen LogP contribution in [0, 0.1) is 17.5 Å². The molecular weight excluding hydrogens is 305 g/mol. The number of amides is 1. The van der Waals surface area contributed by atoms with Gasteiger partial charge >= 0.3 is 0 Å². The van der Waals surface area contributed by atoms with Crippen molar-refractivity contribution in [3.63, 3.8) is 0 Å². The zero-order valence-corrected chi connectivity index (χ0v) is 12.8. The van der Waals surface area contributed by atoms with Crippen LogP contribution in [0.4, 0.5) is 18.9 Å². The fraction of sp³-hybridized carbons (Fsp3) is 0.235. The van der Waals surface area contributed by atoms with Crippen molar-refractivity contribution in [1.29, 1.82) is 0 Å². The molecule has 0 fully saturated rings. The fourth-order valence-corrected chi connectivity index (χ4v) is 2.09. The van der Waals surface area contributed by atoms with Gasteiger partial charge in [-0.15, -0.1) is 0 Å². The van der Waals surface area contributed by atoms with Gasteiger partial charge in [0, 0.05) is 12.6 Å². The first-order valence-electron chi connectivity index (χ1n) is 7.07. The van der Waals surface area contributed by atoms with Crippen LogP contribution in [-0.4, -0.2) is 23.9 Å². The number of rotatable bonds is 5.